The molecule has 1 aliphatic carbocycles. The van der Waals surface area contributed by atoms with Crippen LogP contribution >= 0.6 is 0 Å². The van der Waals surface area contributed by atoms with Gasteiger partial charge in [0.1, 0.15) is 16.7 Å². The van der Waals surface area contributed by atoms with Crippen LogP contribution in [0.2, 0.25) is 0 Å². The van der Waals surface area contributed by atoms with Gasteiger partial charge in [0, 0.05) is 23.7 Å². The molecule has 7 heteroatoms. The molecule has 1 aromatic carbocycles. The first kappa shape index (κ1) is 21.7. The van der Waals surface area contributed by atoms with Crippen LogP contribution in [0.15, 0.2) is 28.7 Å². The van der Waals surface area contributed by atoms with Crippen molar-refractivity contribution in [2.45, 2.75) is 58.3 Å². The van der Waals surface area contributed by atoms with Gasteiger partial charge in [0.25, 0.3) is 0 Å². The molecule has 1 saturated heterocycles. The van der Waals surface area contributed by atoms with Crippen LogP contribution in [0.25, 0.3) is 0 Å². The fraction of sp³-hybridized carbons (Fsp3) is 0.591. The Bertz CT molecular complexity index is 789. The lowest BCUT2D eigenvalue weighted by molar-refractivity contribution is -0.136. The molecule has 1 aromatic rings. The van der Waals surface area contributed by atoms with Crippen LogP contribution in [-0.2, 0) is 20.6 Å². The SMILES string of the molecule is CC(=NS(=O)CCCCCC1CCC(=O)NC1=O)c1cccc(OCC2CC2)c1. The van der Waals surface area contributed by atoms with Crippen molar-refractivity contribution in [1.29, 1.82) is 0 Å². The molecule has 2 atom stereocenters. The lowest BCUT2D eigenvalue weighted by Crippen LogP contribution is -2.40. The minimum Gasteiger partial charge on any atom is -0.493 e. The molecule has 1 aliphatic heterocycles. The number of hydrogen-bond acceptors (Lipinski definition) is 4. The Morgan fingerprint density at radius 1 is 1.21 bits per heavy atom. The number of ether oxygens (including phenoxy) is 1. The van der Waals surface area contributed by atoms with E-state index >= 15 is 0 Å². The molecular formula is C22H30N2O4S. The highest BCUT2D eigenvalue weighted by molar-refractivity contribution is 7.83. The summed E-state index contributed by atoms with van der Waals surface area (Å²) in [6.45, 7) is 2.64. The van der Waals surface area contributed by atoms with E-state index < -0.39 is 11.0 Å². The Morgan fingerprint density at radius 2 is 2.03 bits per heavy atom. The van der Waals surface area contributed by atoms with Gasteiger partial charge in [-0.2, -0.15) is 4.40 Å². The number of rotatable bonds is 11. The summed E-state index contributed by atoms with van der Waals surface area (Å²) in [6.07, 6.45) is 6.97. The fourth-order valence-corrected chi connectivity index (χ4v) is 4.32. The van der Waals surface area contributed by atoms with Gasteiger partial charge in [-0.25, -0.2) is 4.21 Å². The molecule has 0 spiro atoms. The van der Waals surface area contributed by atoms with Crippen molar-refractivity contribution in [2.75, 3.05) is 12.4 Å². The summed E-state index contributed by atoms with van der Waals surface area (Å²) in [5.74, 6) is 1.68. The molecule has 0 aromatic heterocycles. The molecule has 158 valence electrons. The summed E-state index contributed by atoms with van der Waals surface area (Å²) in [4.78, 5) is 22.9. The molecule has 2 fully saturated rings. The lowest BCUT2D eigenvalue weighted by Gasteiger charge is -2.20. The van der Waals surface area contributed by atoms with Crippen molar-refractivity contribution in [3.8, 4) is 5.75 Å². The third-order valence-corrected chi connectivity index (χ3v) is 6.51. The van der Waals surface area contributed by atoms with Crippen LogP contribution in [-0.4, -0.2) is 34.1 Å². The Balaban J connectivity index is 1.36. The van der Waals surface area contributed by atoms with E-state index in [0.29, 0.717) is 24.5 Å². The van der Waals surface area contributed by atoms with Gasteiger partial charge in [0.05, 0.1) is 12.3 Å². The van der Waals surface area contributed by atoms with E-state index in [1.54, 1.807) is 0 Å². The summed E-state index contributed by atoms with van der Waals surface area (Å²) >= 11 is 0. The highest BCUT2D eigenvalue weighted by Crippen LogP contribution is 2.29. The van der Waals surface area contributed by atoms with E-state index in [4.69, 9.17) is 4.74 Å². The number of amides is 2. The highest BCUT2D eigenvalue weighted by Gasteiger charge is 2.25. The second-order valence-corrected chi connectivity index (χ2v) is 9.22. The standard InChI is InChI=1S/C22H30N2O4S/c1-16(19-7-5-8-20(14-19)28-15-17-9-10-17)24-29(27)13-4-2-3-6-18-11-12-21(25)23-22(18)26/h5,7-8,14,17-18H,2-4,6,9-13,15H2,1H3,(H,23,25,26). The third-order valence-electron chi connectivity index (χ3n) is 5.40. The number of nitrogens with one attached hydrogen (secondary N) is 1. The zero-order chi connectivity index (χ0) is 20.6. The van der Waals surface area contributed by atoms with Gasteiger partial charge >= 0.3 is 0 Å². The molecule has 1 saturated carbocycles. The number of carbonyl (C=O) groups is 2. The number of nitrogens with zero attached hydrogens (tertiary/aromatic N) is 1. The van der Waals surface area contributed by atoms with E-state index in [-0.39, 0.29) is 17.7 Å². The maximum absolute atomic E-state index is 12.3. The van der Waals surface area contributed by atoms with Gasteiger partial charge < -0.3 is 4.74 Å². The van der Waals surface area contributed by atoms with Crippen molar-refractivity contribution in [3.05, 3.63) is 29.8 Å². The second-order valence-electron chi connectivity index (χ2n) is 7.98. The van der Waals surface area contributed by atoms with Crippen LogP contribution < -0.4 is 10.1 Å². The molecular weight excluding hydrogens is 388 g/mol. The zero-order valence-corrected chi connectivity index (χ0v) is 17.8. The van der Waals surface area contributed by atoms with Crippen LogP contribution in [0.1, 0.15) is 63.9 Å². The Morgan fingerprint density at radius 3 is 2.79 bits per heavy atom. The molecule has 6 nitrogen and oxygen atoms in total. The van der Waals surface area contributed by atoms with Crippen molar-refractivity contribution in [2.24, 2.45) is 16.2 Å². The van der Waals surface area contributed by atoms with Gasteiger partial charge in [-0.3, -0.25) is 14.9 Å². The number of unbranched alkanes of at least 4 members (excludes halogenated alkanes) is 2. The van der Waals surface area contributed by atoms with Gasteiger partial charge in [-0.1, -0.05) is 25.0 Å². The van der Waals surface area contributed by atoms with Crippen LogP contribution in [0.4, 0.5) is 0 Å². The van der Waals surface area contributed by atoms with E-state index in [1.807, 2.05) is 31.2 Å². The number of hydrogen-bond donors (Lipinski definition) is 1. The Kier molecular flexibility index (Phi) is 7.98. The minimum atomic E-state index is -1.26. The summed E-state index contributed by atoms with van der Waals surface area (Å²) in [7, 11) is -1.26. The number of benzene rings is 1. The first-order chi connectivity index (χ1) is 14.0. The molecule has 2 aliphatic rings. The average Bonchev–Trinajstić information content (AvgIpc) is 3.52. The van der Waals surface area contributed by atoms with Crippen LogP contribution in [0, 0.1) is 11.8 Å². The van der Waals surface area contributed by atoms with E-state index in [0.717, 1.165) is 49.3 Å². The first-order valence-electron chi connectivity index (χ1n) is 10.5. The maximum Gasteiger partial charge on any atom is 0.229 e. The predicted molar refractivity (Wildman–Crippen MR) is 114 cm³/mol. The van der Waals surface area contributed by atoms with Gasteiger partial charge in [-0.15, -0.1) is 0 Å². The zero-order valence-electron chi connectivity index (χ0n) is 17.0. The van der Waals surface area contributed by atoms with E-state index in [2.05, 4.69) is 9.71 Å². The van der Waals surface area contributed by atoms with Crippen molar-refractivity contribution in [1.82, 2.24) is 5.32 Å². The smallest absolute Gasteiger partial charge is 0.229 e. The molecule has 2 unspecified atom stereocenters. The summed E-state index contributed by atoms with van der Waals surface area (Å²) in [6, 6.07) is 7.80. The largest absolute Gasteiger partial charge is 0.493 e. The summed E-state index contributed by atoms with van der Waals surface area (Å²) in [5.41, 5.74) is 1.69. The average molecular weight is 419 g/mol. The normalized spacial score (nSPS) is 21.0. The first-order valence-corrected chi connectivity index (χ1v) is 11.8. The van der Waals surface area contributed by atoms with E-state index in [9.17, 15) is 13.8 Å². The van der Waals surface area contributed by atoms with Crippen molar-refractivity contribution in [3.63, 3.8) is 0 Å². The molecule has 1 N–H and O–H groups in total. The van der Waals surface area contributed by atoms with Gasteiger partial charge in [0.15, 0.2) is 0 Å². The molecule has 1 heterocycles. The third kappa shape index (κ3) is 7.38. The van der Waals surface area contributed by atoms with Crippen molar-refractivity contribution >= 4 is 28.5 Å². The van der Waals surface area contributed by atoms with Crippen LogP contribution in [0.3, 0.4) is 0 Å². The fourth-order valence-electron chi connectivity index (χ4n) is 3.37. The quantitative estimate of drug-likeness (QED) is 0.338. The Hall–Kier alpha value is -2.02. The predicted octanol–water partition coefficient (Wildman–Crippen LogP) is 3.56. The summed E-state index contributed by atoms with van der Waals surface area (Å²) in [5, 5.41) is 2.39. The maximum atomic E-state index is 12.3. The molecule has 29 heavy (non-hydrogen) atoms. The lowest BCUT2D eigenvalue weighted by atomic mass is 9.92. The second kappa shape index (κ2) is 10.7. The van der Waals surface area contributed by atoms with Crippen molar-refractivity contribution < 1.29 is 18.5 Å². The Labute approximate surface area is 175 Å². The molecule has 0 bridgehead atoms. The topological polar surface area (TPSA) is 84.8 Å². The monoisotopic (exact) mass is 418 g/mol. The van der Waals surface area contributed by atoms with Gasteiger partial charge in [0.2, 0.25) is 11.8 Å². The minimum absolute atomic E-state index is 0.0622. The molecule has 2 amide bonds. The van der Waals surface area contributed by atoms with Crippen LogP contribution in [0.5, 0.6) is 5.75 Å². The summed E-state index contributed by atoms with van der Waals surface area (Å²) < 4.78 is 22.4. The number of carbonyl (C=O) groups excluding carboxylic acids is 2. The van der Waals surface area contributed by atoms with Gasteiger partial charge in [-0.05, 0) is 57.1 Å². The number of imide groups is 1. The molecule has 0 radical (unpaired) electrons. The van der Waals surface area contributed by atoms with E-state index in [1.165, 1.54) is 12.8 Å². The molecule has 3 rings (SSSR count). The number of piperidine rings is 1. The highest BCUT2D eigenvalue weighted by atomic mass is 32.2.